The van der Waals surface area contributed by atoms with Gasteiger partial charge in [0.25, 0.3) is 0 Å². The fourth-order valence-corrected chi connectivity index (χ4v) is 5.77. The Labute approximate surface area is 197 Å². The molecule has 0 radical (unpaired) electrons. The van der Waals surface area contributed by atoms with Crippen molar-refractivity contribution in [2.45, 2.75) is 112 Å². The molecule has 0 heterocycles. The van der Waals surface area contributed by atoms with Crippen LogP contribution in [-0.4, -0.2) is 16.9 Å². The molecule has 2 rings (SSSR count). The van der Waals surface area contributed by atoms with Crippen LogP contribution in [0.25, 0.3) is 0 Å². The number of unbranched alkanes of at least 4 members (excludes halogenated alkanes) is 5. The molecular weight excluding hydrogens is 419 g/mol. The van der Waals surface area contributed by atoms with Crippen molar-refractivity contribution in [2.24, 2.45) is 10.8 Å². The van der Waals surface area contributed by atoms with Crippen LogP contribution >= 0.6 is 9.12 Å². The van der Waals surface area contributed by atoms with Gasteiger partial charge in [-0.2, -0.15) is 0 Å². The minimum atomic E-state index is -1.01. The molecule has 0 amide bonds. The molecule has 1 aliphatic rings. The highest BCUT2D eigenvalue weighted by atomic mass is 31.0. The highest BCUT2D eigenvalue weighted by Gasteiger charge is 2.57. The maximum absolute atomic E-state index is 14.1. The monoisotopic (exact) mass is 462 g/mol. The molecule has 32 heavy (non-hydrogen) atoms. The molecule has 1 aromatic rings. The summed E-state index contributed by atoms with van der Waals surface area (Å²) in [7, 11) is 1.72. The fraction of sp³-hybridized carbons (Fsp3) is 0.704. The number of carboxylic acids is 1. The minimum absolute atomic E-state index is 0.0769. The van der Waals surface area contributed by atoms with Gasteiger partial charge >= 0.3 is 5.97 Å². The minimum Gasteiger partial charge on any atom is -0.481 e. The first-order valence-electron chi connectivity index (χ1n) is 12.3. The average Bonchev–Trinajstić information content (AvgIpc) is 2.76. The Morgan fingerprint density at radius 3 is 1.94 bits per heavy atom. The van der Waals surface area contributed by atoms with E-state index in [1.54, 1.807) is 9.12 Å². The van der Waals surface area contributed by atoms with Crippen molar-refractivity contribution >= 4 is 20.9 Å². The molecule has 1 fully saturated rings. The molecule has 0 bridgehead atoms. The van der Waals surface area contributed by atoms with Crippen molar-refractivity contribution in [3.05, 3.63) is 34.4 Å². The summed E-state index contributed by atoms with van der Waals surface area (Å²) in [6.45, 7) is 10.1. The second-order valence-corrected chi connectivity index (χ2v) is 9.90. The van der Waals surface area contributed by atoms with Crippen LogP contribution < -0.4 is 0 Å². The topological polar surface area (TPSA) is 71.4 Å². The predicted molar refractivity (Wildman–Crippen MR) is 133 cm³/mol. The van der Waals surface area contributed by atoms with Crippen LogP contribution in [0.5, 0.6) is 0 Å². The number of benzene rings is 1. The van der Waals surface area contributed by atoms with Crippen molar-refractivity contribution in [1.82, 2.24) is 0 Å². The van der Waals surface area contributed by atoms with Gasteiger partial charge in [-0.3, -0.25) is 14.2 Å². The van der Waals surface area contributed by atoms with Crippen LogP contribution in [0.2, 0.25) is 0 Å². The van der Waals surface area contributed by atoms with E-state index in [0.717, 1.165) is 60.8 Å². The maximum Gasteiger partial charge on any atom is 0.310 e. The summed E-state index contributed by atoms with van der Waals surface area (Å²) in [4.78, 5) is 26.8. The summed E-state index contributed by atoms with van der Waals surface area (Å²) < 4.78 is 8.06. The van der Waals surface area contributed by atoms with Gasteiger partial charge in [-0.25, -0.2) is 0 Å². The van der Waals surface area contributed by atoms with E-state index in [1.165, 1.54) is 19.3 Å². The molecule has 4 nitrogen and oxygen atoms in total. The summed E-state index contributed by atoms with van der Waals surface area (Å²) in [5.41, 5.74) is 2.05. The molecule has 1 saturated carbocycles. The van der Waals surface area contributed by atoms with E-state index < -0.39 is 16.8 Å². The molecule has 180 valence electrons. The van der Waals surface area contributed by atoms with E-state index in [1.807, 2.05) is 27.7 Å². The van der Waals surface area contributed by atoms with Crippen molar-refractivity contribution in [3.63, 3.8) is 0 Å². The molecule has 1 N–H and O–H groups in total. The van der Waals surface area contributed by atoms with Crippen LogP contribution in [-0.2, 0) is 9.36 Å². The number of aliphatic carboxylic acids is 1. The zero-order valence-corrected chi connectivity index (χ0v) is 21.8. The second kappa shape index (κ2) is 13.2. The highest BCUT2D eigenvalue weighted by Crippen LogP contribution is 2.55. The summed E-state index contributed by atoms with van der Waals surface area (Å²) in [5, 5.41) is 10.4. The predicted octanol–water partition coefficient (Wildman–Crippen LogP) is 8.06. The van der Waals surface area contributed by atoms with Gasteiger partial charge in [0.15, 0.2) is 5.78 Å². The molecule has 5 heteroatoms. The van der Waals surface area contributed by atoms with Gasteiger partial charge in [0.1, 0.15) is 9.12 Å². The van der Waals surface area contributed by atoms with Crippen molar-refractivity contribution in [2.75, 3.05) is 0 Å². The van der Waals surface area contributed by atoms with E-state index in [0.29, 0.717) is 19.3 Å². The van der Waals surface area contributed by atoms with E-state index >= 15 is 0 Å². The van der Waals surface area contributed by atoms with Gasteiger partial charge in [-0.05, 0) is 58.1 Å². The average molecular weight is 463 g/mol. The van der Waals surface area contributed by atoms with Gasteiger partial charge < -0.3 is 5.11 Å². The Bertz CT molecular complexity index is 744. The smallest absolute Gasteiger partial charge is 0.310 e. The second-order valence-electron chi connectivity index (χ2n) is 9.90. The zero-order valence-electron chi connectivity index (χ0n) is 20.8. The first-order chi connectivity index (χ1) is 15.2. The summed E-state index contributed by atoms with van der Waals surface area (Å²) in [6.07, 6.45) is 11.7. The molecule has 1 atom stereocenters. The Morgan fingerprint density at radius 2 is 1.44 bits per heavy atom. The van der Waals surface area contributed by atoms with Gasteiger partial charge in [0.2, 0.25) is 0 Å². The Balaban J connectivity index is 0.00000249. The first kappa shape index (κ1) is 28.5. The lowest BCUT2D eigenvalue weighted by molar-refractivity contribution is -0.157. The van der Waals surface area contributed by atoms with Crippen molar-refractivity contribution in [3.8, 4) is 0 Å². The number of hydrogen-bond acceptors (Lipinski definition) is 3. The number of hydrogen-bond donors (Lipinski definition) is 1. The zero-order chi connectivity index (χ0) is 24.4. The molecule has 0 aliphatic heterocycles. The Morgan fingerprint density at radius 1 is 0.938 bits per heavy atom. The quantitative estimate of drug-likeness (QED) is 0.205. The first-order valence-corrected chi connectivity index (χ1v) is 12.7. The largest absolute Gasteiger partial charge is 0.481 e. The van der Waals surface area contributed by atoms with E-state index in [2.05, 4.69) is 19.1 Å². The molecule has 1 aliphatic carbocycles. The molecule has 1 aromatic carbocycles. The van der Waals surface area contributed by atoms with Crippen molar-refractivity contribution < 1.29 is 19.3 Å². The summed E-state index contributed by atoms with van der Waals surface area (Å²) >= 11 is 0. The van der Waals surface area contributed by atoms with Gasteiger partial charge in [0.05, 0.1) is 5.41 Å². The number of carbonyl (C=O) groups excluding carboxylic acids is 1. The third kappa shape index (κ3) is 6.28. The number of carbonyl (C=O) groups is 2. The Hall–Kier alpha value is -1.54. The lowest BCUT2D eigenvalue weighted by Crippen LogP contribution is -2.52. The van der Waals surface area contributed by atoms with Gasteiger partial charge in [-0.1, -0.05) is 82.4 Å². The third-order valence-corrected chi connectivity index (χ3v) is 7.60. The highest BCUT2D eigenvalue weighted by molar-refractivity contribution is 7.00. The maximum atomic E-state index is 14.1. The summed E-state index contributed by atoms with van der Waals surface area (Å²) in [5.74, 6) is -0.721. The van der Waals surface area contributed by atoms with E-state index in [4.69, 9.17) is 4.57 Å². The molecular formula is C27H43O4P. The molecule has 0 saturated heterocycles. The summed E-state index contributed by atoms with van der Waals surface area (Å²) in [6, 6.07) is 4.12. The molecule has 0 aromatic heterocycles. The molecule has 1 unspecified atom stereocenters. The van der Waals surface area contributed by atoms with Crippen molar-refractivity contribution in [1.29, 1.82) is 0 Å². The van der Waals surface area contributed by atoms with E-state index in [-0.39, 0.29) is 5.78 Å². The van der Waals surface area contributed by atoms with Crippen LogP contribution in [0.3, 0.4) is 0 Å². The molecule has 0 spiro atoms. The SMILES string of the molecule is CCCCCCCCC(C)(C(=O)O)C1(C(=O)c2c(C)cc(C)cc2C)CCCCC1.O=P. The van der Waals surface area contributed by atoms with Crippen LogP contribution in [0.15, 0.2) is 12.1 Å². The lowest BCUT2D eigenvalue weighted by atomic mass is 9.53. The van der Waals surface area contributed by atoms with Gasteiger partial charge in [-0.15, -0.1) is 0 Å². The van der Waals surface area contributed by atoms with Gasteiger partial charge in [0, 0.05) is 11.0 Å². The number of rotatable bonds is 11. The Kier molecular flexibility index (Phi) is 11.8. The number of Topliss-reactive ketones (excluding diaryl/α,β-unsaturated/α-hetero) is 1. The van der Waals surface area contributed by atoms with Crippen LogP contribution in [0, 0.1) is 31.6 Å². The number of carboxylic acid groups (broad SMARTS) is 1. The fourth-order valence-electron chi connectivity index (χ4n) is 5.77. The lowest BCUT2D eigenvalue weighted by Gasteiger charge is -2.48. The van der Waals surface area contributed by atoms with E-state index in [9.17, 15) is 14.7 Å². The number of aryl methyl sites for hydroxylation is 3. The number of ketones is 1. The van der Waals surface area contributed by atoms with Crippen LogP contribution in [0.4, 0.5) is 0 Å². The third-order valence-electron chi connectivity index (χ3n) is 7.60. The standard InChI is InChI=1S/C27H42O3.HOP/c1-6-7-8-9-10-12-15-26(5,25(29)30)27(16-13-11-14-17-27)24(28)23-21(3)18-20(2)19-22(23)4;1-2/h18-19H,6-17H2,1-5H3,(H,29,30);2H. The van der Waals surface area contributed by atoms with Crippen LogP contribution in [0.1, 0.15) is 118 Å². The normalized spacial score (nSPS) is 17.0.